The maximum atomic E-state index is 12.8. The normalized spacial score (nSPS) is 14.7. The van der Waals surface area contributed by atoms with E-state index in [0.29, 0.717) is 0 Å². The van der Waals surface area contributed by atoms with Gasteiger partial charge in [0.15, 0.2) is 5.69 Å². The van der Waals surface area contributed by atoms with Crippen molar-refractivity contribution >= 4 is 0 Å². The second-order valence-electron chi connectivity index (χ2n) is 4.22. The Morgan fingerprint density at radius 2 is 1.75 bits per heavy atom. The highest BCUT2D eigenvalue weighted by Gasteiger charge is 2.45. The maximum absolute atomic E-state index is 12.8. The van der Waals surface area contributed by atoms with Gasteiger partial charge in [0.05, 0.1) is 6.10 Å². The monoisotopic (exact) mass is 305 g/mol. The van der Waals surface area contributed by atoms with Crippen LogP contribution in [0.15, 0.2) is 0 Å². The van der Waals surface area contributed by atoms with Crippen molar-refractivity contribution in [3.63, 3.8) is 0 Å². The lowest BCUT2D eigenvalue weighted by atomic mass is 10.0. The molecule has 10 heteroatoms. The molecule has 1 aromatic rings. The third kappa shape index (κ3) is 3.63. The van der Waals surface area contributed by atoms with Crippen LogP contribution in [-0.4, -0.2) is 27.5 Å². The molecule has 20 heavy (non-hydrogen) atoms. The topological polar surface area (TPSA) is 64.1 Å². The number of aliphatic hydroxyl groups is 1. The molecule has 0 radical (unpaired) electrons. The number of aryl methyl sites for hydroxylation is 1. The fraction of sp³-hybridized carbons (Fsp3) is 0.700. The molecule has 1 heterocycles. The number of aromatic nitrogens is 2. The van der Waals surface area contributed by atoms with Gasteiger partial charge >= 0.3 is 12.4 Å². The van der Waals surface area contributed by atoms with E-state index in [0.717, 1.165) is 7.05 Å². The van der Waals surface area contributed by atoms with Crippen LogP contribution in [0.5, 0.6) is 0 Å². The average Bonchev–Trinajstić information content (AvgIpc) is 2.62. The molecule has 1 atom stereocenters. The molecule has 0 aliphatic heterocycles. The minimum Gasteiger partial charge on any atom is -0.392 e. The minimum atomic E-state index is -5.00. The quantitative estimate of drug-likeness (QED) is 0.832. The first-order chi connectivity index (χ1) is 8.98. The van der Waals surface area contributed by atoms with Gasteiger partial charge in [-0.1, -0.05) is 0 Å². The highest BCUT2D eigenvalue weighted by atomic mass is 19.4. The Labute approximate surface area is 110 Å². The summed E-state index contributed by atoms with van der Waals surface area (Å²) in [5, 5.41) is 12.1. The van der Waals surface area contributed by atoms with Crippen LogP contribution >= 0.6 is 0 Å². The van der Waals surface area contributed by atoms with Crippen LogP contribution in [0, 0.1) is 0 Å². The number of hydrogen-bond acceptors (Lipinski definition) is 3. The summed E-state index contributed by atoms with van der Waals surface area (Å²) in [6.07, 6.45) is -12.1. The zero-order chi connectivity index (χ0) is 15.7. The van der Waals surface area contributed by atoms with Gasteiger partial charge in [0.2, 0.25) is 0 Å². The predicted octanol–water partition coefficient (Wildman–Crippen LogP) is 1.71. The van der Waals surface area contributed by atoms with Gasteiger partial charge in [0.25, 0.3) is 0 Å². The van der Waals surface area contributed by atoms with Gasteiger partial charge in [-0.3, -0.25) is 4.68 Å². The number of alkyl halides is 6. The molecule has 0 aromatic carbocycles. The van der Waals surface area contributed by atoms with Gasteiger partial charge < -0.3 is 10.8 Å². The van der Waals surface area contributed by atoms with E-state index >= 15 is 0 Å². The number of hydrogen-bond donors (Lipinski definition) is 2. The first-order valence-corrected chi connectivity index (χ1v) is 5.56. The Kier molecular flexibility index (Phi) is 4.70. The molecule has 1 unspecified atom stereocenters. The molecule has 1 rings (SSSR count). The molecule has 0 aliphatic carbocycles. The molecule has 0 aliphatic rings. The Morgan fingerprint density at radius 3 is 2.15 bits per heavy atom. The number of aliphatic hydroxyl groups excluding tert-OH is 1. The summed E-state index contributed by atoms with van der Waals surface area (Å²) in [7, 11) is 0.793. The lowest BCUT2D eigenvalue weighted by Gasteiger charge is -2.13. The molecule has 4 nitrogen and oxygen atoms in total. The summed E-state index contributed by atoms with van der Waals surface area (Å²) in [5.74, 6) is 0. The van der Waals surface area contributed by atoms with E-state index < -0.39 is 41.8 Å². The SMILES string of the molecule is Cn1nc(C(F)(F)F)c(CCC(O)CN)c1C(F)(F)F. The van der Waals surface area contributed by atoms with Gasteiger partial charge in [-0.15, -0.1) is 0 Å². The van der Waals surface area contributed by atoms with E-state index in [4.69, 9.17) is 5.73 Å². The largest absolute Gasteiger partial charge is 0.435 e. The molecular weight excluding hydrogens is 292 g/mol. The van der Waals surface area contributed by atoms with Crippen LogP contribution in [0.2, 0.25) is 0 Å². The zero-order valence-electron chi connectivity index (χ0n) is 10.4. The van der Waals surface area contributed by atoms with E-state index in [-0.39, 0.29) is 17.6 Å². The van der Waals surface area contributed by atoms with E-state index in [2.05, 4.69) is 5.10 Å². The van der Waals surface area contributed by atoms with E-state index in [1.165, 1.54) is 0 Å². The standard InChI is InChI=1S/C10H13F6N3O/c1-19-8(10(14,15)16)6(3-2-5(20)4-17)7(18-19)9(11,12)13/h5,20H,2-4,17H2,1H3. The molecule has 0 fully saturated rings. The van der Waals surface area contributed by atoms with Crippen LogP contribution in [0.25, 0.3) is 0 Å². The Bertz CT molecular complexity index is 465. The first kappa shape index (κ1) is 16.8. The Morgan fingerprint density at radius 1 is 1.20 bits per heavy atom. The van der Waals surface area contributed by atoms with Crippen LogP contribution in [0.3, 0.4) is 0 Å². The van der Waals surface area contributed by atoms with Gasteiger partial charge in [0, 0.05) is 19.2 Å². The van der Waals surface area contributed by atoms with Crippen LogP contribution in [0.4, 0.5) is 26.3 Å². The lowest BCUT2D eigenvalue weighted by Crippen LogP contribution is -2.22. The van der Waals surface area contributed by atoms with Crippen molar-refractivity contribution in [3.8, 4) is 0 Å². The molecule has 0 saturated heterocycles. The highest BCUT2D eigenvalue weighted by molar-refractivity contribution is 5.31. The van der Waals surface area contributed by atoms with Crippen LogP contribution in [-0.2, 0) is 25.8 Å². The second kappa shape index (κ2) is 5.60. The van der Waals surface area contributed by atoms with Crippen molar-refractivity contribution in [1.29, 1.82) is 0 Å². The third-order valence-electron chi connectivity index (χ3n) is 2.68. The summed E-state index contributed by atoms with van der Waals surface area (Å²) in [6.45, 7) is -0.247. The molecule has 116 valence electrons. The summed E-state index contributed by atoms with van der Waals surface area (Å²) < 4.78 is 76.7. The molecular formula is C10H13F6N3O. The van der Waals surface area contributed by atoms with Crippen molar-refractivity contribution in [3.05, 3.63) is 17.0 Å². The summed E-state index contributed by atoms with van der Waals surface area (Å²) in [4.78, 5) is 0. The fourth-order valence-electron chi connectivity index (χ4n) is 1.82. The van der Waals surface area contributed by atoms with Crippen molar-refractivity contribution in [2.75, 3.05) is 6.54 Å². The Hall–Kier alpha value is -1.29. The second-order valence-corrected chi connectivity index (χ2v) is 4.22. The molecule has 3 N–H and O–H groups in total. The van der Waals surface area contributed by atoms with Crippen LogP contribution in [0.1, 0.15) is 23.4 Å². The Balaban J connectivity index is 3.28. The molecule has 1 aromatic heterocycles. The molecule has 0 amide bonds. The molecule has 0 saturated carbocycles. The lowest BCUT2D eigenvalue weighted by molar-refractivity contribution is -0.145. The summed E-state index contributed by atoms with van der Waals surface area (Å²) in [5.41, 5.74) is 1.05. The van der Waals surface area contributed by atoms with Gasteiger partial charge in [-0.2, -0.15) is 31.4 Å². The van der Waals surface area contributed by atoms with Crippen molar-refractivity contribution in [2.24, 2.45) is 12.8 Å². The fourth-order valence-corrected chi connectivity index (χ4v) is 1.82. The average molecular weight is 305 g/mol. The molecule has 0 spiro atoms. The van der Waals surface area contributed by atoms with Crippen molar-refractivity contribution in [2.45, 2.75) is 31.3 Å². The molecule has 0 bridgehead atoms. The third-order valence-corrected chi connectivity index (χ3v) is 2.68. The summed E-state index contributed by atoms with van der Waals surface area (Å²) >= 11 is 0. The zero-order valence-corrected chi connectivity index (χ0v) is 10.4. The predicted molar refractivity (Wildman–Crippen MR) is 56.6 cm³/mol. The van der Waals surface area contributed by atoms with Gasteiger partial charge in [-0.05, 0) is 12.8 Å². The van der Waals surface area contributed by atoms with Gasteiger partial charge in [-0.25, -0.2) is 0 Å². The number of rotatable bonds is 4. The number of halogens is 6. The first-order valence-electron chi connectivity index (χ1n) is 5.56. The minimum absolute atomic E-state index is 0.160. The van der Waals surface area contributed by atoms with E-state index in [1.807, 2.05) is 0 Å². The maximum Gasteiger partial charge on any atom is 0.435 e. The van der Waals surface area contributed by atoms with Crippen LogP contribution < -0.4 is 5.73 Å². The number of nitrogens with zero attached hydrogens (tertiary/aromatic N) is 2. The highest BCUT2D eigenvalue weighted by Crippen LogP contribution is 2.39. The smallest absolute Gasteiger partial charge is 0.392 e. The van der Waals surface area contributed by atoms with Crippen molar-refractivity contribution < 1.29 is 31.4 Å². The van der Waals surface area contributed by atoms with E-state index in [1.54, 1.807) is 0 Å². The van der Waals surface area contributed by atoms with Crippen molar-refractivity contribution in [1.82, 2.24) is 9.78 Å². The van der Waals surface area contributed by atoms with E-state index in [9.17, 15) is 31.4 Å². The van der Waals surface area contributed by atoms with Gasteiger partial charge in [0.1, 0.15) is 5.69 Å². The number of nitrogens with two attached hydrogens (primary N) is 1. The summed E-state index contributed by atoms with van der Waals surface area (Å²) in [6, 6.07) is 0.